The van der Waals surface area contributed by atoms with E-state index in [0.29, 0.717) is 16.4 Å². The van der Waals surface area contributed by atoms with Gasteiger partial charge in [0, 0.05) is 5.56 Å². The maximum atomic E-state index is 13.3. The van der Waals surface area contributed by atoms with E-state index in [1.165, 1.54) is 7.11 Å². The van der Waals surface area contributed by atoms with Crippen LogP contribution in [-0.2, 0) is 21.3 Å². The molecule has 0 aliphatic carbocycles. The Morgan fingerprint density at radius 2 is 1.82 bits per heavy atom. The number of amides is 1. The molecule has 1 aliphatic rings. The summed E-state index contributed by atoms with van der Waals surface area (Å²) in [4.78, 5) is 20.0. The van der Waals surface area contributed by atoms with Gasteiger partial charge < -0.3 is 9.94 Å². The Morgan fingerprint density at radius 1 is 1.18 bits per heavy atom. The van der Waals surface area contributed by atoms with Crippen molar-refractivity contribution in [2.75, 3.05) is 21.2 Å². The highest BCUT2D eigenvalue weighted by atomic mass is 35.5. The van der Waals surface area contributed by atoms with Crippen molar-refractivity contribution in [1.29, 1.82) is 0 Å². The fraction of sp³-hybridized carbons (Fsp3) is 0.286. The average molecular weight is 487 g/mol. The minimum absolute atomic E-state index is 0.123. The molecule has 2 aromatic carbocycles. The van der Waals surface area contributed by atoms with Gasteiger partial charge in [0.1, 0.15) is 17.5 Å². The number of methoxy groups -OCH3 is 1. The van der Waals surface area contributed by atoms with E-state index < -0.39 is 27.6 Å². The number of benzene rings is 2. The monoisotopic (exact) mass is 486 g/mol. The number of likely N-dealkylation sites (N-methyl/N-ethyl adjacent to an activating group) is 1. The smallest absolute Gasteiger partial charge is 0.416 e. The van der Waals surface area contributed by atoms with Crippen LogP contribution in [0.4, 0.5) is 13.2 Å². The third-order valence-corrected chi connectivity index (χ3v) is 5.62. The molecular weight excluding hydrogens is 465 g/mol. The number of hydrazine groups is 1. The van der Waals surface area contributed by atoms with Crippen LogP contribution < -0.4 is 10.2 Å². The lowest BCUT2D eigenvalue weighted by atomic mass is 9.89. The Labute approximate surface area is 193 Å². The van der Waals surface area contributed by atoms with Gasteiger partial charge in [-0.25, -0.2) is 5.43 Å². The number of carbonyl (C=O) groups excluding carboxylic acids is 1. The van der Waals surface area contributed by atoms with E-state index in [4.69, 9.17) is 21.4 Å². The summed E-state index contributed by atoms with van der Waals surface area (Å²) in [5.41, 5.74) is 1.06. The van der Waals surface area contributed by atoms with Crippen LogP contribution in [0.1, 0.15) is 23.6 Å². The van der Waals surface area contributed by atoms with E-state index in [1.54, 1.807) is 50.2 Å². The Kier molecular flexibility index (Phi) is 6.53. The number of hydrogen-bond acceptors (Lipinski definition) is 6. The summed E-state index contributed by atoms with van der Waals surface area (Å²) in [6.45, 7) is 1.64. The SMILES string of the molecule is COc1cccc(C(C)(C(=O)NN2C=C(c3ccc(C(F)(F)F)cc3)O[N+]2([O-])Cl)N(C)C)c1. The van der Waals surface area contributed by atoms with E-state index in [1.807, 2.05) is 0 Å². The van der Waals surface area contributed by atoms with Gasteiger partial charge in [0.05, 0.1) is 17.1 Å². The number of ether oxygens (including phenoxy) is 1. The van der Waals surface area contributed by atoms with Crippen molar-refractivity contribution < 1.29 is 32.0 Å². The van der Waals surface area contributed by atoms with Crippen LogP contribution in [0.2, 0.25) is 0 Å². The highest BCUT2D eigenvalue weighted by molar-refractivity contribution is 6.06. The maximum absolute atomic E-state index is 13.3. The molecule has 1 amide bonds. The van der Waals surface area contributed by atoms with Gasteiger partial charge in [0.2, 0.25) is 5.76 Å². The van der Waals surface area contributed by atoms with Crippen molar-refractivity contribution in [3.05, 3.63) is 76.6 Å². The minimum atomic E-state index is -4.51. The second-order valence-corrected chi connectivity index (χ2v) is 8.02. The summed E-state index contributed by atoms with van der Waals surface area (Å²) in [6, 6.07) is 10.8. The third-order valence-electron chi connectivity index (χ3n) is 5.39. The summed E-state index contributed by atoms with van der Waals surface area (Å²) in [5, 5.41) is 13.3. The van der Waals surface area contributed by atoms with Crippen LogP contribution in [-0.4, -0.2) is 41.6 Å². The first kappa shape index (κ1) is 24.6. The van der Waals surface area contributed by atoms with Crippen molar-refractivity contribution >= 4 is 23.4 Å². The van der Waals surface area contributed by atoms with Crippen molar-refractivity contribution in [3.63, 3.8) is 0 Å². The molecule has 33 heavy (non-hydrogen) atoms. The number of alkyl halides is 3. The lowest BCUT2D eigenvalue weighted by molar-refractivity contribution is -1.04. The van der Waals surface area contributed by atoms with Gasteiger partial charge in [-0.3, -0.25) is 14.5 Å². The van der Waals surface area contributed by atoms with Gasteiger partial charge in [0.15, 0.2) is 0 Å². The molecule has 8 nitrogen and oxygen atoms in total. The molecule has 2 unspecified atom stereocenters. The number of quaternary nitrogens is 1. The van der Waals surface area contributed by atoms with E-state index in [-0.39, 0.29) is 11.3 Å². The van der Waals surface area contributed by atoms with E-state index in [0.717, 1.165) is 30.5 Å². The highest BCUT2D eigenvalue weighted by Gasteiger charge is 2.44. The molecular formula is C21H22ClF3N4O4. The molecule has 0 spiro atoms. The molecule has 0 fully saturated rings. The second-order valence-electron chi connectivity index (χ2n) is 7.60. The van der Waals surface area contributed by atoms with Crippen molar-refractivity contribution in [1.82, 2.24) is 15.4 Å². The number of halogens is 4. The number of carbonyl (C=O) groups is 1. The summed E-state index contributed by atoms with van der Waals surface area (Å²) in [7, 11) is 4.87. The molecule has 0 aromatic heterocycles. The standard InChI is InChI=1S/C21H22ClF3N4O4/c1-20(27(2)3,16-6-5-7-17(12-16)32-4)19(30)26-28-13-18(33-29(28,22)31)14-8-10-15(11-9-14)21(23,24)25/h5-13H,1-4H3,(H,26,30). The van der Waals surface area contributed by atoms with Crippen LogP contribution in [0.15, 0.2) is 54.7 Å². The van der Waals surface area contributed by atoms with Gasteiger partial charge in [-0.15, -0.1) is 0 Å². The average Bonchev–Trinajstić information content (AvgIpc) is 3.06. The fourth-order valence-corrected chi connectivity index (χ4v) is 3.30. The molecule has 178 valence electrons. The summed E-state index contributed by atoms with van der Waals surface area (Å²) in [6.07, 6.45) is -3.41. The first-order valence-electron chi connectivity index (χ1n) is 9.60. The van der Waals surface area contributed by atoms with Crippen molar-refractivity contribution in [2.45, 2.75) is 18.6 Å². The lowest BCUT2D eigenvalue weighted by Gasteiger charge is -2.38. The largest absolute Gasteiger partial charge is 0.542 e. The highest BCUT2D eigenvalue weighted by Crippen LogP contribution is 2.36. The van der Waals surface area contributed by atoms with Crippen LogP contribution in [0.3, 0.4) is 0 Å². The normalized spacial score (nSPS) is 20.2. The van der Waals surface area contributed by atoms with Crippen LogP contribution in [0.25, 0.3) is 5.76 Å². The van der Waals surface area contributed by atoms with Crippen LogP contribution in [0, 0.1) is 5.21 Å². The second kappa shape index (κ2) is 8.75. The molecule has 12 heteroatoms. The molecule has 3 rings (SSSR count). The van der Waals surface area contributed by atoms with Gasteiger partial charge in [-0.1, -0.05) is 29.4 Å². The molecule has 0 saturated heterocycles. The Morgan fingerprint density at radius 3 is 2.36 bits per heavy atom. The van der Waals surface area contributed by atoms with Gasteiger partial charge in [-0.05, 0) is 50.8 Å². The minimum Gasteiger partial charge on any atom is -0.542 e. The zero-order valence-corrected chi connectivity index (χ0v) is 18.9. The summed E-state index contributed by atoms with van der Waals surface area (Å²) < 4.78 is 41.6. The predicted molar refractivity (Wildman–Crippen MR) is 114 cm³/mol. The Balaban J connectivity index is 1.88. The summed E-state index contributed by atoms with van der Waals surface area (Å²) >= 11 is 5.85. The number of rotatable bonds is 6. The number of hydrogen-bond donors (Lipinski definition) is 1. The molecule has 1 aliphatic heterocycles. The number of nitrogens with zero attached hydrogens (tertiary/aromatic N) is 3. The molecule has 0 radical (unpaired) electrons. The Hall–Kier alpha value is -2.99. The van der Waals surface area contributed by atoms with Gasteiger partial charge in [-0.2, -0.15) is 13.2 Å². The van der Waals surface area contributed by atoms with Crippen molar-refractivity contribution in [3.8, 4) is 5.75 Å². The first-order valence-corrected chi connectivity index (χ1v) is 9.94. The quantitative estimate of drug-likeness (QED) is 0.488. The fourth-order valence-electron chi connectivity index (χ4n) is 3.14. The van der Waals surface area contributed by atoms with E-state index in [2.05, 4.69) is 5.43 Å². The molecule has 2 aromatic rings. The zero-order chi connectivity index (χ0) is 24.6. The molecule has 2 atom stereocenters. The van der Waals surface area contributed by atoms with Gasteiger partial charge in [0.25, 0.3) is 17.7 Å². The molecule has 1 N–H and O–H groups in total. The van der Waals surface area contributed by atoms with Gasteiger partial charge >= 0.3 is 6.18 Å². The maximum Gasteiger partial charge on any atom is 0.416 e. The molecule has 0 bridgehead atoms. The summed E-state index contributed by atoms with van der Waals surface area (Å²) in [5.74, 6) is -0.205. The van der Waals surface area contributed by atoms with Crippen LogP contribution in [0.5, 0.6) is 5.75 Å². The van der Waals surface area contributed by atoms with E-state index >= 15 is 0 Å². The lowest BCUT2D eigenvalue weighted by Crippen LogP contribution is -2.59. The van der Waals surface area contributed by atoms with Crippen LogP contribution >= 0.6 is 11.8 Å². The predicted octanol–water partition coefficient (Wildman–Crippen LogP) is 4.15. The topological polar surface area (TPSA) is 77.1 Å². The molecule has 0 saturated carbocycles. The zero-order valence-electron chi connectivity index (χ0n) is 18.2. The van der Waals surface area contributed by atoms with E-state index in [9.17, 15) is 23.2 Å². The third kappa shape index (κ3) is 4.86. The Bertz CT molecular complexity index is 1060. The number of nitrogens with one attached hydrogen (secondary N) is 1. The first-order chi connectivity index (χ1) is 15.3. The molecule has 1 heterocycles. The van der Waals surface area contributed by atoms with Crippen molar-refractivity contribution in [2.24, 2.45) is 0 Å².